The number of ketones is 1. The third-order valence-electron chi connectivity index (χ3n) is 16.1. The minimum Gasteiger partial charge on any atom is -0.481 e. The van der Waals surface area contributed by atoms with Crippen molar-refractivity contribution in [2.24, 2.45) is 56.2 Å². The lowest BCUT2D eigenvalue weighted by atomic mass is 9.33. The first-order valence-corrected chi connectivity index (χ1v) is 20.4. The lowest BCUT2D eigenvalue weighted by Crippen LogP contribution is -2.66. The van der Waals surface area contributed by atoms with Gasteiger partial charge in [-0.05, 0) is 122 Å². The van der Waals surface area contributed by atoms with Gasteiger partial charge < -0.3 is 20.3 Å². The third kappa shape index (κ3) is 6.02. The monoisotopic (exact) mass is 737 g/mol. The van der Waals surface area contributed by atoms with E-state index in [1.54, 1.807) is 13.8 Å². The smallest absolute Gasteiger partial charge is 0.309 e. The molecule has 4 saturated carbocycles. The maximum absolute atomic E-state index is 14.0. The quantitative estimate of drug-likeness (QED) is 0.205. The zero-order valence-corrected chi connectivity index (χ0v) is 33.9. The van der Waals surface area contributed by atoms with Crippen molar-refractivity contribution in [3.8, 4) is 0 Å². The summed E-state index contributed by atoms with van der Waals surface area (Å²) in [5, 5.41) is 26.0. The van der Waals surface area contributed by atoms with Gasteiger partial charge in [0.05, 0.1) is 17.9 Å². The summed E-state index contributed by atoms with van der Waals surface area (Å²) in [6, 6.07) is 7.79. The fraction of sp³-hybridized carbons (Fsp3) is 0.750. The van der Waals surface area contributed by atoms with Crippen molar-refractivity contribution in [3.05, 3.63) is 46.0 Å². The maximum atomic E-state index is 14.0. The molecule has 5 aliphatic carbocycles. The van der Waals surface area contributed by atoms with Gasteiger partial charge in [-0.25, -0.2) is 0 Å². The third-order valence-corrected chi connectivity index (χ3v) is 16.5. The van der Waals surface area contributed by atoms with E-state index in [1.807, 2.05) is 24.3 Å². The molecule has 0 saturated heterocycles. The minimum atomic E-state index is -1.17. The summed E-state index contributed by atoms with van der Waals surface area (Å²) in [7, 11) is 0. The summed E-state index contributed by atoms with van der Waals surface area (Å²) in [6.07, 6.45) is 7.11. The number of nitrogens with one attached hydrogen (secondary N) is 1. The lowest BCUT2D eigenvalue weighted by molar-refractivity contribution is -0.235. The SMILES string of the molecule is CC(C)C1=C2[C@H]3CC[C@@H]4[C@@]5(C)CC[C@H](OC(=O)CC(C)(C)C(=O)O)C(C)(C)[C@@H]5CC[C@@]4(C)[C@]3(C)CC[C@@]2([C@@H](O)CNCc2ccccc2Cl)CC1=O. The molecular weight excluding hydrogens is 674 g/mol. The van der Waals surface area contributed by atoms with Crippen LogP contribution in [-0.4, -0.2) is 46.7 Å². The molecule has 7 nitrogen and oxygen atoms in total. The zero-order valence-electron chi connectivity index (χ0n) is 33.2. The van der Waals surface area contributed by atoms with Crippen LogP contribution in [0.2, 0.25) is 5.02 Å². The van der Waals surface area contributed by atoms with Crippen LogP contribution < -0.4 is 5.32 Å². The van der Waals surface area contributed by atoms with Crippen LogP contribution >= 0.6 is 11.6 Å². The first-order chi connectivity index (χ1) is 24.2. The van der Waals surface area contributed by atoms with Gasteiger partial charge in [0.1, 0.15) is 6.10 Å². The topological polar surface area (TPSA) is 113 Å². The molecule has 288 valence electrons. The number of carboxylic acid groups (broad SMARTS) is 1. The van der Waals surface area contributed by atoms with Gasteiger partial charge in [0.15, 0.2) is 5.78 Å². The van der Waals surface area contributed by atoms with Gasteiger partial charge in [-0.1, -0.05) is 83.8 Å². The number of Topliss-reactive ketones (excluding diaryl/α,β-unsaturated/α-hetero) is 1. The number of hydrogen-bond acceptors (Lipinski definition) is 6. The van der Waals surface area contributed by atoms with Crippen LogP contribution in [0, 0.1) is 56.2 Å². The standard InChI is InChI=1S/C44H64ClNO6/c1-26(2)36-30(47)22-44(33(48)25-46-24-27-12-10-11-13-29(27)45)21-20-42(8)28(37(36)44)14-15-32-41(7)18-17-34(52-35(49)23-39(3,4)38(50)51)40(5,6)31(41)16-19-43(32,42)9/h10-13,26,28,31-34,46,48H,14-25H2,1-9H3,(H,50,51)/t28-,31+,32-,33+,34+,41+,42-,43-,44+/m1/s1. The highest BCUT2D eigenvalue weighted by molar-refractivity contribution is 6.31. The van der Waals surface area contributed by atoms with E-state index in [0.29, 0.717) is 36.4 Å². The van der Waals surface area contributed by atoms with Crippen LogP contribution in [0.3, 0.4) is 0 Å². The molecule has 1 aromatic carbocycles. The van der Waals surface area contributed by atoms with E-state index in [4.69, 9.17) is 16.3 Å². The molecule has 0 amide bonds. The van der Waals surface area contributed by atoms with Crippen molar-refractivity contribution in [2.75, 3.05) is 6.54 Å². The number of hydrogen-bond donors (Lipinski definition) is 3. The zero-order chi connectivity index (χ0) is 38.2. The number of benzene rings is 1. The number of ether oxygens (including phenoxy) is 1. The minimum absolute atomic E-state index is 0.0198. The Morgan fingerprint density at radius 3 is 2.31 bits per heavy atom. The first kappa shape index (κ1) is 39.5. The van der Waals surface area contributed by atoms with Gasteiger partial charge in [-0.15, -0.1) is 0 Å². The van der Waals surface area contributed by atoms with Crippen molar-refractivity contribution in [3.63, 3.8) is 0 Å². The van der Waals surface area contributed by atoms with Crippen molar-refractivity contribution in [1.29, 1.82) is 0 Å². The highest BCUT2D eigenvalue weighted by Gasteiger charge is 2.70. The van der Waals surface area contributed by atoms with Crippen molar-refractivity contribution in [2.45, 2.75) is 145 Å². The number of carbonyl (C=O) groups excluding carboxylic acids is 2. The van der Waals surface area contributed by atoms with Crippen molar-refractivity contribution in [1.82, 2.24) is 5.32 Å². The molecule has 0 aromatic heterocycles. The average Bonchev–Trinajstić information content (AvgIpc) is 3.36. The number of esters is 1. The summed E-state index contributed by atoms with van der Waals surface area (Å²) in [5.74, 6) is 0.00892. The van der Waals surface area contributed by atoms with Crippen LogP contribution in [0.5, 0.6) is 0 Å². The van der Waals surface area contributed by atoms with Gasteiger partial charge >= 0.3 is 11.9 Å². The second-order valence-electron chi connectivity index (χ2n) is 19.8. The number of aliphatic hydroxyl groups excluding tert-OH is 1. The lowest BCUT2D eigenvalue weighted by Gasteiger charge is -2.72. The van der Waals surface area contributed by atoms with Crippen LogP contribution in [0.1, 0.15) is 132 Å². The van der Waals surface area contributed by atoms with E-state index in [1.165, 1.54) is 5.57 Å². The van der Waals surface area contributed by atoms with E-state index in [2.05, 4.69) is 53.8 Å². The second kappa shape index (κ2) is 13.5. The maximum Gasteiger partial charge on any atom is 0.309 e. The number of halogens is 1. The molecular formula is C44H64ClNO6. The Hall–Kier alpha value is -2.22. The van der Waals surface area contributed by atoms with Crippen molar-refractivity contribution < 1.29 is 29.3 Å². The second-order valence-corrected chi connectivity index (χ2v) is 20.2. The van der Waals surface area contributed by atoms with Gasteiger partial charge in [-0.2, -0.15) is 0 Å². The molecule has 5 aliphatic rings. The van der Waals surface area contributed by atoms with Gasteiger partial charge in [0, 0.05) is 35.4 Å². The predicted octanol–water partition coefficient (Wildman–Crippen LogP) is 9.18. The van der Waals surface area contributed by atoms with E-state index in [-0.39, 0.29) is 51.8 Å². The molecule has 0 radical (unpaired) electrons. The summed E-state index contributed by atoms with van der Waals surface area (Å²) in [5.41, 5.74) is 1.39. The Kier molecular flexibility index (Phi) is 10.3. The number of fused-ring (bicyclic) bond motifs is 7. The average molecular weight is 738 g/mol. The Balaban J connectivity index is 1.26. The largest absolute Gasteiger partial charge is 0.481 e. The Morgan fingerprint density at radius 1 is 0.962 bits per heavy atom. The molecule has 0 heterocycles. The normalized spacial score (nSPS) is 37.5. The Morgan fingerprint density at radius 2 is 1.65 bits per heavy atom. The van der Waals surface area contributed by atoms with Gasteiger partial charge in [0.25, 0.3) is 0 Å². The fourth-order valence-corrected chi connectivity index (χ4v) is 13.3. The van der Waals surface area contributed by atoms with E-state index < -0.39 is 28.9 Å². The molecule has 4 fully saturated rings. The molecule has 1 aromatic rings. The summed E-state index contributed by atoms with van der Waals surface area (Å²) in [6.45, 7) is 20.6. The molecule has 3 N–H and O–H groups in total. The number of allylic oxidation sites excluding steroid dienone is 1. The van der Waals surface area contributed by atoms with Gasteiger partial charge in [0.2, 0.25) is 0 Å². The van der Waals surface area contributed by atoms with Crippen LogP contribution in [0.15, 0.2) is 35.4 Å². The molecule has 6 rings (SSSR count). The molecule has 8 heteroatoms. The van der Waals surface area contributed by atoms with Crippen LogP contribution in [-0.2, 0) is 25.7 Å². The van der Waals surface area contributed by atoms with E-state index >= 15 is 0 Å². The molecule has 52 heavy (non-hydrogen) atoms. The number of aliphatic carboxylic acids is 1. The first-order valence-electron chi connectivity index (χ1n) is 20.0. The Bertz CT molecular complexity index is 1630. The predicted molar refractivity (Wildman–Crippen MR) is 205 cm³/mol. The molecule has 0 spiro atoms. The summed E-state index contributed by atoms with van der Waals surface area (Å²) >= 11 is 6.44. The van der Waals surface area contributed by atoms with E-state index in [9.17, 15) is 24.6 Å². The summed E-state index contributed by atoms with van der Waals surface area (Å²) < 4.78 is 6.16. The number of carboxylic acids is 1. The summed E-state index contributed by atoms with van der Waals surface area (Å²) in [4.78, 5) is 38.9. The Labute approximate surface area is 317 Å². The number of rotatable bonds is 10. The molecule has 9 atom stereocenters. The van der Waals surface area contributed by atoms with Crippen LogP contribution in [0.25, 0.3) is 0 Å². The highest BCUT2D eigenvalue weighted by Crippen LogP contribution is 2.77. The number of carbonyl (C=O) groups is 3. The van der Waals surface area contributed by atoms with E-state index in [0.717, 1.165) is 62.5 Å². The molecule has 0 aliphatic heterocycles. The fourth-order valence-electron chi connectivity index (χ4n) is 13.1. The molecule has 0 unspecified atom stereocenters. The van der Waals surface area contributed by atoms with Crippen molar-refractivity contribution >= 4 is 29.3 Å². The van der Waals surface area contributed by atoms with Gasteiger partial charge in [-0.3, -0.25) is 14.4 Å². The highest BCUT2D eigenvalue weighted by atomic mass is 35.5. The molecule has 0 bridgehead atoms. The number of aliphatic hydroxyl groups is 1. The van der Waals surface area contributed by atoms with Crippen LogP contribution in [0.4, 0.5) is 0 Å².